The zero-order valence-corrected chi connectivity index (χ0v) is 13.1. The molecular weight excluding hydrogens is 306 g/mol. The summed E-state index contributed by atoms with van der Waals surface area (Å²) in [5.41, 5.74) is 1.16. The summed E-state index contributed by atoms with van der Waals surface area (Å²) in [6, 6.07) is 15.5. The van der Waals surface area contributed by atoms with Crippen LogP contribution >= 0.6 is 0 Å². The molecule has 24 heavy (non-hydrogen) atoms. The van der Waals surface area contributed by atoms with E-state index < -0.39 is 11.6 Å². The van der Waals surface area contributed by atoms with Crippen LogP contribution in [0.5, 0.6) is 0 Å². The van der Waals surface area contributed by atoms with Crippen molar-refractivity contribution in [2.45, 2.75) is 6.92 Å². The second-order valence-corrected chi connectivity index (χ2v) is 4.98. The lowest BCUT2D eigenvalue weighted by atomic mass is 10.00. The first-order chi connectivity index (χ1) is 11.7. The Labute approximate surface area is 138 Å². The van der Waals surface area contributed by atoms with Crippen molar-refractivity contribution in [3.8, 4) is 22.6 Å². The van der Waals surface area contributed by atoms with E-state index in [9.17, 15) is 9.59 Å². The molecule has 0 aliphatic heterocycles. The maximum absolute atomic E-state index is 12.5. The van der Waals surface area contributed by atoms with Gasteiger partial charge in [0, 0.05) is 23.4 Å². The normalized spacial score (nSPS) is 10.4. The van der Waals surface area contributed by atoms with Crippen LogP contribution < -0.4 is 5.63 Å². The van der Waals surface area contributed by atoms with Gasteiger partial charge in [0.2, 0.25) is 0 Å². The Kier molecular flexibility index (Phi) is 4.52. The average Bonchev–Trinajstić information content (AvgIpc) is 2.62. The first-order valence-electron chi connectivity index (χ1n) is 7.52. The molecule has 1 aromatic carbocycles. The molecule has 5 heteroatoms. The van der Waals surface area contributed by atoms with E-state index in [0.717, 1.165) is 0 Å². The van der Waals surface area contributed by atoms with Crippen LogP contribution in [0.25, 0.3) is 22.6 Å². The maximum Gasteiger partial charge on any atom is 0.342 e. The predicted molar refractivity (Wildman–Crippen MR) is 89.6 cm³/mol. The van der Waals surface area contributed by atoms with Crippen LogP contribution in [0.4, 0.5) is 0 Å². The SMILES string of the molecule is CCOC(=O)c1c(-c2ccccn2)cc(=O)oc1-c1ccccc1. The smallest absolute Gasteiger partial charge is 0.342 e. The van der Waals surface area contributed by atoms with Crippen molar-refractivity contribution in [2.75, 3.05) is 6.61 Å². The van der Waals surface area contributed by atoms with Crippen molar-refractivity contribution >= 4 is 5.97 Å². The highest BCUT2D eigenvalue weighted by molar-refractivity contribution is 6.02. The Hall–Kier alpha value is -3.21. The quantitative estimate of drug-likeness (QED) is 0.687. The van der Waals surface area contributed by atoms with Crippen molar-refractivity contribution in [3.05, 3.63) is 76.8 Å². The molecule has 0 saturated carbocycles. The van der Waals surface area contributed by atoms with Gasteiger partial charge in [0.05, 0.1) is 12.3 Å². The van der Waals surface area contributed by atoms with E-state index in [1.807, 2.05) is 6.07 Å². The molecule has 0 fully saturated rings. The minimum atomic E-state index is -0.555. The number of nitrogens with zero attached hydrogens (tertiary/aromatic N) is 1. The largest absolute Gasteiger partial charge is 0.462 e. The molecular formula is C19H15NO4. The van der Waals surface area contributed by atoms with E-state index >= 15 is 0 Å². The molecule has 0 aliphatic rings. The molecule has 0 atom stereocenters. The Morgan fingerprint density at radius 1 is 1.12 bits per heavy atom. The first kappa shape index (κ1) is 15.7. The first-order valence-corrected chi connectivity index (χ1v) is 7.52. The van der Waals surface area contributed by atoms with Gasteiger partial charge in [0.15, 0.2) is 5.76 Å². The van der Waals surface area contributed by atoms with E-state index in [1.54, 1.807) is 55.6 Å². The number of pyridine rings is 1. The molecule has 0 aliphatic carbocycles. The van der Waals surface area contributed by atoms with Crippen LogP contribution in [0, 0.1) is 0 Å². The molecule has 3 aromatic rings. The molecule has 3 rings (SSSR count). The van der Waals surface area contributed by atoms with Gasteiger partial charge in [-0.1, -0.05) is 36.4 Å². The van der Waals surface area contributed by atoms with Crippen LogP contribution in [0.2, 0.25) is 0 Å². The minimum absolute atomic E-state index is 0.183. The standard InChI is InChI=1S/C19H15NO4/c1-2-23-19(22)17-14(15-10-6-7-11-20-15)12-16(21)24-18(17)13-8-4-3-5-9-13/h3-12H,2H2,1H3. The van der Waals surface area contributed by atoms with E-state index in [1.165, 1.54) is 6.07 Å². The van der Waals surface area contributed by atoms with Gasteiger partial charge < -0.3 is 9.15 Å². The van der Waals surface area contributed by atoms with Crippen molar-refractivity contribution in [1.29, 1.82) is 0 Å². The van der Waals surface area contributed by atoms with E-state index in [0.29, 0.717) is 16.8 Å². The van der Waals surface area contributed by atoms with E-state index in [4.69, 9.17) is 9.15 Å². The van der Waals surface area contributed by atoms with Crippen LogP contribution in [-0.2, 0) is 4.74 Å². The fourth-order valence-corrected chi connectivity index (χ4v) is 2.42. The Balaban J connectivity index is 2.31. The highest BCUT2D eigenvalue weighted by Gasteiger charge is 2.23. The highest BCUT2D eigenvalue weighted by Crippen LogP contribution is 2.30. The summed E-state index contributed by atoms with van der Waals surface area (Å²) in [5, 5.41) is 0. The van der Waals surface area contributed by atoms with Crippen molar-refractivity contribution < 1.29 is 13.9 Å². The number of hydrogen-bond donors (Lipinski definition) is 0. The fraction of sp³-hybridized carbons (Fsp3) is 0.105. The summed E-state index contributed by atoms with van der Waals surface area (Å²) in [5.74, 6) is -0.372. The van der Waals surface area contributed by atoms with Crippen LogP contribution in [0.15, 0.2) is 70.0 Å². The molecule has 0 saturated heterocycles. The molecule has 5 nitrogen and oxygen atoms in total. The fourth-order valence-electron chi connectivity index (χ4n) is 2.42. The molecule has 0 N–H and O–H groups in total. The molecule has 0 unspecified atom stereocenters. The molecule has 0 amide bonds. The maximum atomic E-state index is 12.5. The predicted octanol–water partition coefficient (Wildman–Crippen LogP) is 3.55. The second kappa shape index (κ2) is 6.91. The summed E-state index contributed by atoms with van der Waals surface area (Å²) < 4.78 is 10.5. The number of rotatable bonds is 4. The number of carbonyl (C=O) groups is 1. The number of benzene rings is 1. The van der Waals surface area contributed by atoms with Gasteiger partial charge in [-0.15, -0.1) is 0 Å². The third-order valence-corrected chi connectivity index (χ3v) is 3.42. The Morgan fingerprint density at radius 3 is 2.54 bits per heavy atom. The lowest BCUT2D eigenvalue weighted by molar-refractivity contribution is 0.0525. The summed E-state index contributed by atoms with van der Waals surface area (Å²) in [4.78, 5) is 28.8. The number of esters is 1. The van der Waals surface area contributed by atoms with E-state index in [2.05, 4.69) is 4.98 Å². The molecule has 2 aromatic heterocycles. The third kappa shape index (κ3) is 3.10. The number of hydrogen-bond acceptors (Lipinski definition) is 5. The highest BCUT2D eigenvalue weighted by atomic mass is 16.5. The van der Waals surface area contributed by atoms with Crippen molar-refractivity contribution in [2.24, 2.45) is 0 Å². The lowest BCUT2D eigenvalue weighted by Crippen LogP contribution is -2.13. The van der Waals surface area contributed by atoms with Gasteiger partial charge in [0.1, 0.15) is 5.56 Å². The van der Waals surface area contributed by atoms with Crippen LogP contribution in [0.1, 0.15) is 17.3 Å². The van der Waals surface area contributed by atoms with E-state index in [-0.39, 0.29) is 17.9 Å². The Bertz CT molecular complexity index is 838. The number of ether oxygens (including phenoxy) is 1. The van der Waals surface area contributed by atoms with Crippen molar-refractivity contribution in [3.63, 3.8) is 0 Å². The third-order valence-electron chi connectivity index (χ3n) is 3.42. The average molecular weight is 321 g/mol. The van der Waals surface area contributed by atoms with Gasteiger partial charge in [-0.05, 0) is 19.1 Å². The molecule has 0 bridgehead atoms. The summed E-state index contributed by atoms with van der Waals surface area (Å²) >= 11 is 0. The van der Waals surface area contributed by atoms with Crippen LogP contribution in [0.3, 0.4) is 0 Å². The summed E-state index contributed by atoms with van der Waals surface area (Å²) in [6.45, 7) is 1.94. The molecule has 2 heterocycles. The zero-order chi connectivity index (χ0) is 16.9. The van der Waals surface area contributed by atoms with Crippen molar-refractivity contribution in [1.82, 2.24) is 4.98 Å². The second-order valence-electron chi connectivity index (χ2n) is 4.98. The van der Waals surface area contributed by atoms with Gasteiger partial charge in [-0.2, -0.15) is 0 Å². The number of carbonyl (C=O) groups excluding carboxylic acids is 1. The van der Waals surface area contributed by atoms with Crippen LogP contribution in [-0.4, -0.2) is 17.6 Å². The lowest BCUT2D eigenvalue weighted by Gasteiger charge is -2.12. The van der Waals surface area contributed by atoms with Gasteiger partial charge >= 0.3 is 11.6 Å². The summed E-state index contributed by atoms with van der Waals surface area (Å²) in [7, 11) is 0. The molecule has 0 spiro atoms. The Morgan fingerprint density at radius 2 is 1.88 bits per heavy atom. The van der Waals surface area contributed by atoms with Gasteiger partial charge in [0.25, 0.3) is 0 Å². The molecule has 120 valence electrons. The topological polar surface area (TPSA) is 69.4 Å². The zero-order valence-electron chi connectivity index (χ0n) is 13.1. The van der Waals surface area contributed by atoms with Gasteiger partial charge in [-0.3, -0.25) is 4.98 Å². The number of aromatic nitrogens is 1. The minimum Gasteiger partial charge on any atom is -0.462 e. The van der Waals surface area contributed by atoms with Gasteiger partial charge in [-0.25, -0.2) is 9.59 Å². The summed E-state index contributed by atoms with van der Waals surface area (Å²) in [6.07, 6.45) is 1.60. The monoisotopic (exact) mass is 321 g/mol. The molecule has 0 radical (unpaired) electrons.